The van der Waals surface area contributed by atoms with Crippen LogP contribution in [0.2, 0.25) is 0 Å². The Bertz CT molecular complexity index is 255. The van der Waals surface area contributed by atoms with Gasteiger partial charge in [-0.15, -0.1) is 0 Å². The van der Waals surface area contributed by atoms with Gasteiger partial charge in [-0.1, -0.05) is 26.7 Å². The number of nitrogens with two attached hydrogens (primary N) is 1. The van der Waals surface area contributed by atoms with Crippen LogP contribution in [0, 0.1) is 5.92 Å². The average Bonchev–Trinajstić information content (AvgIpc) is 2.26. The van der Waals surface area contributed by atoms with Crippen LogP contribution in [-0.2, 0) is 0 Å². The van der Waals surface area contributed by atoms with E-state index in [0.717, 1.165) is 32.1 Å². The van der Waals surface area contributed by atoms with Crippen LogP contribution >= 0.6 is 0 Å². The lowest BCUT2D eigenvalue weighted by atomic mass is 9.75. The second-order valence-corrected chi connectivity index (χ2v) is 5.67. The molecule has 1 aliphatic carbocycles. The lowest BCUT2D eigenvalue weighted by Gasteiger charge is -2.48. The number of hydrogen-bond acceptors (Lipinski definition) is 2. The van der Waals surface area contributed by atoms with E-state index in [1.807, 2.05) is 6.92 Å². The Morgan fingerprint density at radius 3 is 2.50 bits per heavy atom. The molecule has 0 spiro atoms. The zero-order valence-corrected chi connectivity index (χ0v) is 11.4. The van der Waals surface area contributed by atoms with Crippen molar-refractivity contribution in [2.75, 3.05) is 19.6 Å². The highest BCUT2D eigenvalue weighted by Gasteiger charge is 2.43. The Morgan fingerprint density at radius 1 is 1.39 bits per heavy atom. The van der Waals surface area contributed by atoms with Crippen molar-refractivity contribution >= 4 is 0 Å². The highest BCUT2D eigenvalue weighted by Crippen LogP contribution is 2.37. The predicted molar refractivity (Wildman–Crippen MR) is 67.3 cm³/mol. The third-order valence-electron chi connectivity index (χ3n) is 3.98. The largest absolute Gasteiger partial charge is 0.401 e. The van der Waals surface area contributed by atoms with Crippen LogP contribution in [0.25, 0.3) is 0 Å². The quantitative estimate of drug-likeness (QED) is 0.828. The Balaban J connectivity index is 2.84. The van der Waals surface area contributed by atoms with Gasteiger partial charge in [-0.05, 0) is 31.7 Å². The molecule has 0 radical (unpaired) electrons. The van der Waals surface area contributed by atoms with Crippen LogP contribution in [0.3, 0.4) is 0 Å². The molecule has 0 aliphatic heterocycles. The van der Waals surface area contributed by atoms with Crippen molar-refractivity contribution in [3.05, 3.63) is 0 Å². The molecule has 1 fully saturated rings. The summed E-state index contributed by atoms with van der Waals surface area (Å²) in [5.41, 5.74) is 5.40. The molecule has 0 aromatic carbocycles. The van der Waals surface area contributed by atoms with Gasteiger partial charge in [0.2, 0.25) is 0 Å². The molecule has 0 amide bonds. The fourth-order valence-corrected chi connectivity index (χ4v) is 3.20. The zero-order valence-electron chi connectivity index (χ0n) is 11.4. The van der Waals surface area contributed by atoms with Gasteiger partial charge in [-0.25, -0.2) is 0 Å². The number of hydrogen-bond donors (Lipinski definition) is 1. The third-order valence-corrected chi connectivity index (χ3v) is 3.98. The molecule has 1 saturated carbocycles. The summed E-state index contributed by atoms with van der Waals surface area (Å²) in [4.78, 5) is 1.59. The van der Waals surface area contributed by atoms with E-state index in [1.165, 1.54) is 0 Å². The van der Waals surface area contributed by atoms with Crippen LogP contribution in [0.1, 0.15) is 46.0 Å². The highest BCUT2D eigenvalue weighted by molar-refractivity contribution is 4.96. The summed E-state index contributed by atoms with van der Waals surface area (Å²) in [5.74, 6) is 0.467. The molecule has 18 heavy (non-hydrogen) atoms. The summed E-state index contributed by atoms with van der Waals surface area (Å²) in [6.07, 6.45) is 0.262. The van der Waals surface area contributed by atoms with E-state index in [1.54, 1.807) is 4.90 Å². The lowest BCUT2D eigenvalue weighted by molar-refractivity contribution is -0.163. The van der Waals surface area contributed by atoms with E-state index in [0.29, 0.717) is 19.0 Å². The van der Waals surface area contributed by atoms with Gasteiger partial charge in [0.25, 0.3) is 0 Å². The third kappa shape index (κ3) is 4.12. The molecule has 0 saturated heterocycles. The Hall–Kier alpha value is -0.290. The first kappa shape index (κ1) is 15.8. The molecule has 2 nitrogen and oxygen atoms in total. The minimum absolute atomic E-state index is 0.327. The monoisotopic (exact) mass is 266 g/mol. The standard InChI is InChI=1S/C13H25F3N2/c1-3-7-18(10-13(14,15)16)12(9-17)6-4-5-11(2)8-12/h11H,3-10,17H2,1-2H3. The first-order valence-electron chi connectivity index (χ1n) is 6.85. The fourth-order valence-electron chi connectivity index (χ4n) is 3.20. The molecule has 2 atom stereocenters. The van der Waals surface area contributed by atoms with Crippen LogP contribution in [0.15, 0.2) is 0 Å². The van der Waals surface area contributed by atoms with Crippen molar-refractivity contribution in [2.45, 2.75) is 57.7 Å². The van der Waals surface area contributed by atoms with Crippen LogP contribution < -0.4 is 5.73 Å². The van der Waals surface area contributed by atoms with Gasteiger partial charge in [0.05, 0.1) is 6.54 Å². The van der Waals surface area contributed by atoms with Gasteiger partial charge in [0.15, 0.2) is 0 Å². The molecular weight excluding hydrogens is 241 g/mol. The smallest absolute Gasteiger partial charge is 0.329 e. The summed E-state index contributed by atoms with van der Waals surface area (Å²) >= 11 is 0. The molecule has 108 valence electrons. The van der Waals surface area contributed by atoms with E-state index in [-0.39, 0.29) is 0 Å². The summed E-state index contributed by atoms with van der Waals surface area (Å²) in [6.45, 7) is 4.00. The highest BCUT2D eigenvalue weighted by atomic mass is 19.4. The molecule has 0 aromatic heterocycles. The van der Waals surface area contributed by atoms with E-state index in [9.17, 15) is 13.2 Å². The molecule has 2 N–H and O–H groups in total. The first-order chi connectivity index (χ1) is 8.33. The van der Waals surface area contributed by atoms with E-state index >= 15 is 0 Å². The van der Waals surface area contributed by atoms with Gasteiger partial charge in [-0.2, -0.15) is 13.2 Å². The molecule has 0 bridgehead atoms. The van der Waals surface area contributed by atoms with Crippen molar-refractivity contribution in [1.29, 1.82) is 0 Å². The normalized spacial score (nSPS) is 29.8. The maximum absolute atomic E-state index is 12.7. The number of nitrogens with zero attached hydrogens (tertiary/aromatic N) is 1. The van der Waals surface area contributed by atoms with Crippen molar-refractivity contribution < 1.29 is 13.2 Å². The summed E-state index contributed by atoms with van der Waals surface area (Å²) in [5, 5.41) is 0. The Labute approximate surface area is 108 Å². The Morgan fingerprint density at radius 2 is 2.06 bits per heavy atom. The summed E-state index contributed by atoms with van der Waals surface area (Å²) < 4.78 is 38.1. The molecule has 2 unspecified atom stereocenters. The van der Waals surface area contributed by atoms with Crippen LogP contribution in [0.5, 0.6) is 0 Å². The topological polar surface area (TPSA) is 29.3 Å². The van der Waals surface area contributed by atoms with E-state index < -0.39 is 18.3 Å². The maximum Gasteiger partial charge on any atom is 0.401 e. The van der Waals surface area contributed by atoms with Crippen molar-refractivity contribution in [3.8, 4) is 0 Å². The molecule has 1 rings (SSSR count). The second-order valence-electron chi connectivity index (χ2n) is 5.67. The van der Waals surface area contributed by atoms with E-state index in [4.69, 9.17) is 5.73 Å². The summed E-state index contributed by atoms with van der Waals surface area (Å²) in [6, 6.07) is 0. The summed E-state index contributed by atoms with van der Waals surface area (Å²) in [7, 11) is 0. The van der Waals surface area contributed by atoms with Crippen LogP contribution in [-0.4, -0.2) is 36.2 Å². The SMILES string of the molecule is CCCN(CC(F)(F)F)C1(CN)CCCC(C)C1. The molecule has 1 aliphatic rings. The van der Waals surface area contributed by atoms with Gasteiger partial charge < -0.3 is 5.73 Å². The van der Waals surface area contributed by atoms with Gasteiger partial charge >= 0.3 is 6.18 Å². The predicted octanol–water partition coefficient (Wildman–Crippen LogP) is 3.17. The zero-order chi connectivity index (χ0) is 13.8. The van der Waals surface area contributed by atoms with Crippen LogP contribution in [0.4, 0.5) is 13.2 Å². The minimum atomic E-state index is -4.14. The fraction of sp³-hybridized carbons (Fsp3) is 1.00. The number of rotatable bonds is 5. The molecule has 0 aromatic rings. The number of alkyl halides is 3. The maximum atomic E-state index is 12.7. The lowest BCUT2D eigenvalue weighted by Crippen LogP contribution is -2.58. The second kappa shape index (κ2) is 6.24. The molecular formula is C13H25F3N2. The molecule has 0 heterocycles. The average molecular weight is 266 g/mol. The van der Waals surface area contributed by atoms with Crippen molar-refractivity contribution in [3.63, 3.8) is 0 Å². The Kier molecular flexibility index (Phi) is 5.46. The van der Waals surface area contributed by atoms with Gasteiger partial charge in [0.1, 0.15) is 0 Å². The first-order valence-corrected chi connectivity index (χ1v) is 6.85. The van der Waals surface area contributed by atoms with Gasteiger partial charge in [0, 0.05) is 12.1 Å². The van der Waals surface area contributed by atoms with Gasteiger partial charge in [-0.3, -0.25) is 4.90 Å². The molecule has 5 heteroatoms. The van der Waals surface area contributed by atoms with Crippen molar-refractivity contribution in [2.24, 2.45) is 11.7 Å². The minimum Gasteiger partial charge on any atom is -0.329 e. The number of halogens is 3. The van der Waals surface area contributed by atoms with Crippen molar-refractivity contribution in [1.82, 2.24) is 4.90 Å². The van der Waals surface area contributed by atoms with E-state index in [2.05, 4.69) is 6.92 Å².